The molecule has 1 aromatic heterocycles. The van der Waals surface area contributed by atoms with E-state index in [4.69, 9.17) is 4.74 Å². The maximum Gasteiger partial charge on any atom is 0.439 e. The topological polar surface area (TPSA) is 105 Å². The minimum Gasteiger partial charge on any atom is -0.493 e. The van der Waals surface area contributed by atoms with Crippen molar-refractivity contribution in [2.45, 2.75) is 45.4 Å². The van der Waals surface area contributed by atoms with Gasteiger partial charge in [0.25, 0.3) is 0 Å². The summed E-state index contributed by atoms with van der Waals surface area (Å²) in [7, 11) is 0. The minimum atomic E-state index is -0.920. The second kappa shape index (κ2) is 14.0. The number of allylic oxidation sites excluding steroid dienone is 1. The van der Waals surface area contributed by atoms with Crippen molar-refractivity contribution < 1.29 is 19.2 Å². The van der Waals surface area contributed by atoms with E-state index < -0.39 is 11.7 Å². The molecule has 0 radical (unpaired) electrons. The van der Waals surface area contributed by atoms with Crippen molar-refractivity contribution in [2.24, 2.45) is 5.92 Å². The second-order valence-electron chi connectivity index (χ2n) is 9.60. The molecular weight excluding hydrogens is 492 g/mol. The number of hydrogen-bond donors (Lipinski definition) is 2. The van der Waals surface area contributed by atoms with E-state index in [2.05, 4.69) is 39.8 Å². The summed E-state index contributed by atoms with van der Waals surface area (Å²) < 4.78 is 10.7. The second-order valence-corrected chi connectivity index (χ2v) is 9.60. The molecule has 0 amide bonds. The molecule has 7 nitrogen and oxygen atoms in total. The van der Waals surface area contributed by atoms with Crippen LogP contribution in [0.25, 0.3) is 17.5 Å². The molecule has 0 saturated carbocycles. The van der Waals surface area contributed by atoms with Crippen molar-refractivity contribution in [1.29, 1.82) is 0 Å². The quantitative estimate of drug-likeness (QED) is 0.175. The first-order valence-electron chi connectivity index (χ1n) is 13.4. The van der Waals surface area contributed by atoms with Gasteiger partial charge in [0.05, 0.1) is 12.2 Å². The van der Waals surface area contributed by atoms with Gasteiger partial charge in [-0.3, -0.25) is 9.51 Å². The molecule has 4 rings (SSSR count). The fourth-order valence-corrected chi connectivity index (χ4v) is 4.41. The van der Waals surface area contributed by atoms with E-state index in [-0.39, 0.29) is 5.92 Å². The van der Waals surface area contributed by atoms with Crippen molar-refractivity contribution in [2.75, 3.05) is 6.61 Å². The molecule has 39 heavy (non-hydrogen) atoms. The third-order valence-corrected chi connectivity index (χ3v) is 6.64. The number of benzene rings is 3. The molecule has 202 valence electrons. The fourth-order valence-electron chi connectivity index (χ4n) is 4.41. The number of carbonyl (C=O) groups is 1. The molecular formula is C32H34N2O5. The first-order chi connectivity index (χ1) is 19.0. The number of hydrogen-bond acceptors (Lipinski definition) is 5. The Balaban J connectivity index is 1.49. The van der Waals surface area contributed by atoms with Crippen LogP contribution in [0.4, 0.5) is 0 Å². The average Bonchev–Trinajstić information content (AvgIpc) is 3.40. The Kier molecular flexibility index (Phi) is 9.89. The van der Waals surface area contributed by atoms with E-state index in [1.54, 1.807) is 12.1 Å². The molecule has 2 N–H and O–H groups in total. The molecule has 0 fully saturated rings. The fraction of sp³-hybridized carbons (Fsp3) is 0.281. The van der Waals surface area contributed by atoms with Crippen LogP contribution in [0.3, 0.4) is 0 Å². The molecule has 0 bridgehead atoms. The van der Waals surface area contributed by atoms with Gasteiger partial charge in [0.1, 0.15) is 5.75 Å². The molecule has 3 aromatic carbocycles. The van der Waals surface area contributed by atoms with E-state index >= 15 is 0 Å². The van der Waals surface area contributed by atoms with Crippen LogP contribution in [0.15, 0.2) is 88.2 Å². The zero-order valence-corrected chi connectivity index (χ0v) is 22.1. The molecule has 7 heteroatoms. The summed E-state index contributed by atoms with van der Waals surface area (Å²) in [5.74, 6) is 0.0264. The van der Waals surface area contributed by atoms with E-state index in [0.29, 0.717) is 18.0 Å². The normalized spacial score (nSPS) is 12.0. The highest BCUT2D eigenvalue weighted by atomic mass is 16.5. The lowest BCUT2D eigenvalue weighted by Gasteiger charge is -2.15. The summed E-state index contributed by atoms with van der Waals surface area (Å²) >= 11 is 0. The van der Waals surface area contributed by atoms with E-state index in [1.807, 2.05) is 54.6 Å². The third kappa shape index (κ3) is 8.30. The van der Waals surface area contributed by atoms with Gasteiger partial charge in [0.15, 0.2) is 5.82 Å². The van der Waals surface area contributed by atoms with Gasteiger partial charge in [-0.1, -0.05) is 91.7 Å². The Morgan fingerprint density at radius 3 is 2.46 bits per heavy atom. The monoisotopic (exact) mass is 526 g/mol. The van der Waals surface area contributed by atoms with Gasteiger partial charge >= 0.3 is 11.7 Å². The lowest BCUT2D eigenvalue weighted by molar-refractivity contribution is 0.0697. The van der Waals surface area contributed by atoms with Crippen LogP contribution in [0.1, 0.15) is 59.7 Å². The van der Waals surface area contributed by atoms with Gasteiger partial charge in [0.2, 0.25) is 0 Å². The number of aryl methyl sites for hydroxylation is 1. The highest BCUT2D eigenvalue weighted by molar-refractivity contribution is 5.87. The van der Waals surface area contributed by atoms with Crippen LogP contribution < -0.4 is 10.5 Å². The number of aromatic carboxylic acids is 1. The van der Waals surface area contributed by atoms with Crippen LogP contribution in [0, 0.1) is 5.92 Å². The summed E-state index contributed by atoms with van der Waals surface area (Å²) in [6, 6.07) is 23.1. The number of aromatic nitrogens is 2. The molecule has 0 spiro atoms. The van der Waals surface area contributed by atoms with Gasteiger partial charge in [-0.05, 0) is 60.9 Å². The smallest absolute Gasteiger partial charge is 0.439 e. The predicted octanol–water partition coefficient (Wildman–Crippen LogP) is 6.80. The van der Waals surface area contributed by atoms with Gasteiger partial charge in [0, 0.05) is 11.1 Å². The number of para-hydroxylation sites is 1. The van der Waals surface area contributed by atoms with Crippen molar-refractivity contribution in [1.82, 2.24) is 10.1 Å². The summed E-state index contributed by atoms with van der Waals surface area (Å²) in [5, 5.41) is 12.9. The molecule has 1 atom stereocenters. The van der Waals surface area contributed by atoms with Crippen molar-refractivity contribution >= 4 is 12.0 Å². The number of nitrogens with one attached hydrogen (secondary N) is 1. The molecule has 0 saturated heterocycles. The zero-order valence-electron chi connectivity index (χ0n) is 22.1. The average molecular weight is 527 g/mol. The van der Waals surface area contributed by atoms with E-state index in [1.165, 1.54) is 0 Å². The number of rotatable bonds is 14. The Labute approximate surface area is 228 Å². The Morgan fingerprint density at radius 2 is 1.77 bits per heavy atom. The lowest BCUT2D eigenvalue weighted by atomic mass is 9.91. The van der Waals surface area contributed by atoms with E-state index in [9.17, 15) is 14.7 Å². The highest BCUT2D eigenvalue weighted by Gasteiger charge is 2.11. The predicted molar refractivity (Wildman–Crippen MR) is 152 cm³/mol. The molecule has 4 aromatic rings. The van der Waals surface area contributed by atoms with Crippen LogP contribution in [0.2, 0.25) is 0 Å². The molecule has 1 unspecified atom stereocenters. The van der Waals surface area contributed by atoms with Crippen molar-refractivity contribution in [3.05, 3.63) is 112 Å². The number of unbranched alkanes of at least 4 members (excludes halogenated alkanes) is 2. The van der Waals surface area contributed by atoms with Crippen LogP contribution in [-0.4, -0.2) is 27.8 Å². The number of carboxylic acid groups (broad SMARTS) is 1. The van der Waals surface area contributed by atoms with Gasteiger partial charge in [-0.2, -0.15) is 0 Å². The van der Waals surface area contributed by atoms with Gasteiger partial charge < -0.3 is 9.84 Å². The van der Waals surface area contributed by atoms with Crippen LogP contribution >= 0.6 is 0 Å². The van der Waals surface area contributed by atoms with Crippen molar-refractivity contribution in [3.8, 4) is 17.1 Å². The summed E-state index contributed by atoms with van der Waals surface area (Å²) in [6.07, 6.45) is 10.3. The Hall–Kier alpha value is -4.39. The van der Waals surface area contributed by atoms with Crippen LogP contribution in [0.5, 0.6) is 5.75 Å². The number of nitrogens with zero attached hydrogens (tertiary/aromatic N) is 1. The maximum atomic E-state index is 11.3. The first kappa shape index (κ1) is 27.6. The highest BCUT2D eigenvalue weighted by Crippen LogP contribution is 2.24. The molecule has 1 heterocycles. The zero-order chi connectivity index (χ0) is 27.5. The van der Waals surface area contributed by atoms with E-state index in [0.717, 1.165) is 66.5 Å². The van der Waals surface area contributed by atoms with Gasteiger partial charge in [-0.15, -0.1) is 0 Å². The summed E-state index contributed by atoms with van der Waals surface area (Å²) in [5.41, 5.74) is 4.38. The van der Waals surface area contributed by atoms with Gasteiger partial charge in [-0.25, -0.2) is 9.59 Å². The number of ether oxygens (including phenoxy) is 1. The molecule has 0 aliphatic carbocycles. The molecule has 0 aliphatic heterocycles. The number of H-pyrrole nitrogens is 1. The number of carboxylic acids is 1. The lowest BCUT2D eigenvalue weighted by Crippen LogP contribution is -2.04. The molecule has 0 aliphatic rings. The summed E-state index contributed by atoms with van der Waals surface area (Å²) in [6.45, 7) is 2.89. The first-order valence-corrected chi connectivity index (χ1v) is 13.4. The minimum absolute atomic E-state index is 0.231. The SMILES string of the molecule is CCCCCOc1ccccc1C=CC(CCc1ccc(C(=O)O)cc1)Cc1ccc(-c2noc(=O)[nH]2)cc1. The standard InChI is InChI=1S/C32H34N2O5/c1-2-3-6-21-38-29-8-5-4-7-26(29)16-13-24(10-9-23-11-19-28(20-12-23)31(35)36)22-25-14-17-27(18-15-25)30-33-32(37)39-34-30/h4-5,7-8,11-20,24H,2-3,6,9-10,21-22H2,1H3,(H,35,36)(H,33,34,37). The van der Waals surface area contributed by atoms with Crippen molar-refractivity contribution in [3.63, 3.8) is 0 Å². The Morgan fingerprint density at radius 1 is 1.03 bits per heavy atom. The van der Waals surface area contributed by atoms with Crippen LogP contribution in [-0.2, 0) is 12.8 Å². The third-order valence-electron chi connectivity index (χ3n) is 6.64. The summed E-state index contributed by atoms with van der Waals surface area (Å²) in [4.78, 5) is 25.1. The maximum absolute atomic E-state index is 11.3. The Bertz CT molecular complexity index is 1420. The number of aromatic amines is 1. The largest absolute Gasteiger partial charge is 0.493 e.